The van der Waals surface area contributed by atoms with E-state index in [1.54, 1.807) is 0 Å². The third-order valence-electron chi connectivity index (χ3n) is 2.12. The van der Waals surface area contributed by atoms with E-state index in [4.69, 9.17) is 11.5 Å². The second kappa shape index (κ2) is 15.9. The number of hydrogen-bond acceptors (Lipinski definition) is 3. The fourth-order valence-corrected chi connectivity index (χ4v) is 1.28. The number of rotatable bonds is 10. The van der Waals surface area contributed by atoms with Crippen LogP contribution in [0.3, 0.4) is 0 Å². The first-order valence-corrected chi connectivity index (χ1v) is 5.52. The molecule has 0 aliphatic rings. The summed E-state index contributed by atoms with van der Waals surface area (Å²) in [6.45, 7) is 3.85. The van der Waals surface area contributed by atoms with Crippen LogP contribution in [-0.4, -0.2) is 45.0 Å². The fourth-order valence-electron chi connectivity index (χ4n) is 1.28. The zero-order chi connectivity index (χ0) is 9.78. The van der Waals surface area contributed by atoms with Gasteiger partial charge in [-0.15, -0.1) is 0 Å². The molecule has 0 aromatic rings. The number of nitrogens with one attached hydrogen (secondary N) is 1. The van der Waals surface area contributed by atoms with E-state index in [0.29, 0.717) is 0 Å². The molecule has 0 aromatic heterocycles. The molecule has 0 bridgehead atoms. The Balaban J connectivity index is 0. The molecule has 4 heteroatoms. The van der Waals surface area contributed by atoms with Gasteiger partial charge in [0.15, 0.2) is 0 Å². The molecule has 0 aliphatic heterocycles. The van der Waals surface area contributed by atoms with Crippen molar-refractivity contribution in [3.63, 3.8) is 0 Å². The van der Waals surface area contributed by atoms with Crippen molar-refractivity contribution >= 4 is 18.9 Å². The average Bonchev–Trinajstić information content (AvgIpc) is 2.16. The zero-order valence-electron chi connectivity index (χ0n) is 9.73. The molecule has 1 radical (unpaired) electrons. The topological polar surface area (TPSA) is 64.1 Å². The van der Waals surface area contributed by atoms with Gasteiger partial charge in [0.2, 0.25) is 0 Å². The molecule has 0 fully saturated rings. The second-order valence-electron chi connectivity index (χ2n) is 3.45. The Kier molecular flexibility index (Phi) is 19.2. The van der Waals surface area contributed by atoms with E-state index in [1.165, 1.54) is 32.1 Å². The molecule has 0 saturated carbocycles. The van der Waals surface area contributed by atoms with Crippen molar-refractivity contribution in [1.29, 1.82) is 0 Å². The first kappa shape index (κ1) is 16.9. The zero-order valence-corrected chi connectivity index (χ0v) is 9.73. The number of hydrogen-bond donors (Lipinski definition) is 3. The summed E-state index contributed by atoms with van der Waals surface area (Å²) in [5.41, 5.74) is 10.8. The van der Waals surface area contributed by atoms with Crippen LogP contribution in [0.25, 0.3) is 0 Å². The van der Waals surface area contributed by atoms with Gasteiger partial charge >= 0.3 is 0 Å². The van der Waals surface area contributed by atoms with Gasteiger partial charge in [-0.2, -0.15) is 0 Å². The Bertz CT molecular complexity index is 81.4. The Hall–Kier alpha value is 0.477. The maximum atomic E-state index is 5.40. The van der Waals surface area contributed by atoms with E-state index in [9.17, 15) is 0 Å². The van der Waals surface area contributed by atoms with Crippen molar-refractivity contribution in [3.05, 3.63) is 0 Å². The molecule has 3 nitrogen and oxygen atoms in total. The predicted molar refractivity (Wildman–Crippen MR) is 64.4 cm³/mol. The van der Waals surface area contributed by atoms with Gasteiger partial charge in [0.05, 0.1) is 0 Å². The maximum Gasteiger partial charge on any atom is 0 e. The van der Waals surface area contributed by atoms with Crippen molar-refractivity contribution < 1.29 is 0 Å². The normalized spacial score (nSPS) is 9.86. The van der Waals surface area contributed by atoms with Gasteiger partial charge in [-0.05, 0) is 45.4 Å². The van der Waals surface area contributed by atoms with Gasteiger partial charge in [-0.3, -0.25) is 0 Å². The summed E-state index contributed by atoms with van der Waals surface area (Å²) in [5.74, 6) is 0. The molecular weight excluding hydrogens is 169 g/mol. The number of nitrogens with two attached hydrogens (primary N) is 2. The van der Waals surface area contributed by atoms with Gasteiger partial charge in [0.1, 0.15) is 0 Å². The first-order chi connectivity index (χ1) is 6.41. The summed E-state index contributed by atoms with van der Waals surface area (Å²) in [6.07, 6.45) is 7.51. The van der Waals surface area contributed by atoms with Crippen LogP contribution in [0.4, 0.5) is 0 Å². The third-order valence-corrected chi connectivity index (χ3v) is 2.12. The molecule has 0 aliphatic carbocycles. The van der Waals surface area contributed by atoms with Crippen LogP contribution in [0.1, 0.15) is 38.5 Å². The Morgan fingerprint density at radius 3 is 1.79 bits per heavy atom. The van der Waals surface area contributed by atoms with Gasteiger partial charge in [0.25, 0.3) is 0 Å². The quantitative estimate of drug-likeness (QED) is 0.349. The molecule has 0 spiro atoms. The van der Waals surface area contributed by atoms with Gasteiger partial charge in [-0.1, -0.05) is 19.3 Å². The molecular formula is C10H25LiN3. The molecule has 14 heavy (non-hydrogen) atoms. The van der Waals surface area contributed by atoms with Crippen LogP contribution in [0.15, 0.2) is 0 Å². The minimum Gasteiger partial charge on any atom is -0.330 e. The summed E-state index contributed by atoms with van der Waals surface area (Å²) in [4.78, 5) is 0. The molecule has 0 aromatic carbocycles. The van der Waals surface area contributed by atoms with E-state index < -0.39 is 0 Å². The molecule has 0 amide bonds. The first-order valence-electron chi connectivity index (χ1n) is 5.52. The third kappa shape index (κ3) is 15.0. The molecule has 0 saturated heterocycles. The van der Waals surface area contributed by atoms with Crippen molar-refractivity contribution in [1.82, 2.24) is 5.32 Å². The number of unbranched alkanes of at least 4 members (excludes halogenated alkanes) is 4. The van der Waals surface area contributed by atoms with E-state index in [-0.39, 0.29) is 18.9 Å². The average molecular weight is 194 g/mol. The van der Waals surface area contributed by atoms with Crippen molar-refractivity contribution in [2.24, 2.45) is 11.5 Å². The minimum absolute atomic E-state index is 0. The molecule has 5 N–H and O–H groups in total. The van der Waals surface area contributed by atoms with E-state index in [1.807, 2.05) is 0 Å². The Labute approximate surface area is 101 Å². The van der Waals surface area contributed by atoms with E-state index in [2.05, 4.69) is 5.32 Å². The standard InChI is InChI=1S/C10H25N3.Li/c11-7-4-2-1-3-5-9-13-10-6-8-12;/h13H,1-12H2;. The van der Waals surface area contributed by atoms with Crippen LogP contribution in [0, 0.1) is 0 Å². The van der Waals surface area contributed by atoms with Crippen LogP contribution >= 0.6 is 0 Å². The Morgan fingerprint density at radius 2 is 1.14 bits per heavy atom. The molecule has 0 heterocycles. The van der Waals surface area contributed by atoms with E-state index in [0.717, 1.165) is 32.6 Å². The molecule has 0 rings (SSSR count). The predicted octanol–water partition coefficient (Wildman–Crippen LogP) is 0.453. The van der Waals surface area contributed by atoms with Crippen LogP contribution in [0.2, 0.25) is 0 Å². The molecule has 81 valence electrons. The monoisotopic (exact) mass is 194 g/mol. The molecule has 0 atom stereocenters. The maximum absolute atomic E-state index is 5.40. The van der Waals surface area contributed by atoms with Gasteiger partial charge in [-0.25, -0.2) is 0 Å². The Morgan fingerprint density at radius 1 is 0.643 bits per heavy atom. The second-order valence-corrected chi connectivity index (χ2v) is 3.45. The van der Waals surface area contributed by atoms with Crippen LogP contribution < -0.4 is 16.8 Å². The largest absolute Gasteiger partial charge is 0.330 e. The smallest absolute Gasteiger partial charge is 0 e. The van der Waals surface area contributed by atoms with Crippen molar-refractivity contribution in [2.75, 3.05) is 26.2 Å². The SMILES string of the molecule is NCCCCCCCNCCCN.[Li]. The summed E-state index contributed by atoms with van der Waals surface area (Å²) >= 11 is 0. The molecule has 0 unspecified atom stereocenters. The van der Waals surface area contributed by atoms with Crippen LogP contribution in [-0.2, 0) is 0 Å². The summed E-state index contributed by atoms with van der Waals surface area (Å²) in [7, 11) is 0. The summed E-state index contributed by atoms with van der Waals surface area (Å²) in [6, 6.07) is 0. The minimum atomic E-state index is 0. The van der Waals surface area contributed by atoms with Gasteiger partial charge in [0, 0.05) is 18.9 Å². The fraction of sp³-hybridized carbons (Fsp3) is 1.00. The van der Waals surface area contributed by atoms with Crippen molar-refractivity contribution in [3.8, 4) is 0 Å². The van der Waals surface area contributed by atoms with Crippen LogP contribution in [0.5, 0.6) is 0 Å². The summed E-state index contributed by atoms with van der Waals surface area (Å²) in [5, 5.41) is 3.37. The van der Waals surface area contributed by atoms with E-state index >= 15 is 0 Å². The summed E-state index contributed by atoms with van der Waals surface area (Å²) < 4.78 is 0. The van der Waals surface area contributed by atoms with Crippen molar-refractivity contribution in [2.45, 2.75) is 38.5 Å². The van der Waals surface area contributed by atoms with Gasteiger partial charge < -0.3 is 16.8 Å².